The van der Waals surface area contributed by atoms with Crippen molar-refractivity contribution in [2.24, 2.45) is 0 Å². The van der Waals surface area contributed by atoms with E-state index in [1.165, 1.54) is 5.56 Å². The van der Waals surface area contributed by atoms with Crippen molar-refractivity contribution in [1.29, 1.82) is 0 Å². The third kappa shape index (κ3) is 2.24. The number of aliphatic hydroxyl groups is 1. The zero-order valence-corrected chi connectivity index (χ0v) is 10.5. The van der Waals surface area contributed by atoms with Crippen molar-refractivity contribution >= 4 is 0 Å². The summed E-state index contributed by atoms with van der Waals surface area (Å²) in [6, 6.07) is 6.00. The summed E-state index contributed by atoms with van der Waals surface area (Å²) in [6.07, 6.45) is 3.04. The monoisotopic (exact) mass is 230 g/mol. The number of aliphatic hydroxyl groups excluding tert-OH is 1. The molecule has 0 fully saturated rings. The molecular weight excluding hydrogens is 212 g/mol. The smallest absolute Gasteiger partial charge is 0.107 e. The van der Waals surface area contributed by atoms with Crippen LogP contribution < -0.4 is 0 Å². The highest BCUT2D eigenvalue weighted by atomic mass is 16.3. The van der Waals surface area contributed by atoms with Crippen molar-refractivity contribution in [3.63, 3.8) is 0 Å². The van der Waals surface area contributed by atoms with Gasteiger partial charge in [-0.15, -0.1) is 0 Å². The summed E-state index contributed by atoms with van der Waals surface area (Å²) in [4.78, 5) is 0. The van der Waals surface area contributed by atoms with Gasteiger partial charge in [-0.05, 0) is 37.5 Å². The molecule has 1 N–H and O–H groups in total. The van der Waals surface area contributed by atoms with Gasteiger partial charge in [0.25, 0.3) is 0 Å². The van der Waals surface area contributed by atoms with Crippen molar-refractivity contribution in [2.45, 2.75) is 33.4 Å². The SMILES string of the molecule is CCn1cc(C(O)c2cccc(C)c2C)cn1. The second-order valence-corrected chi connectivity index (χ2v) is 4.32. The van der Waals surface area contributed by atoms with E-state index in [1.807, 2.05) is 36.9 Å². The van der Waals surface area contributed by atoms with Crippen LogP contribution in [0.25, 0.3) is 0 Å². The Morgan fingerprint density at radius 3 is 2.76 bits per heavy atom. The molecule has 1 aromatic carbocycles. The van der Waals surface area contributed by atoms with Gasteiger partial charge in [0.05, 0.1) is 6.20 Å². The Bertz CT molecular complexity index is 517. The summed E-state index contributed by atoms with van der Waals surface area (Å²) in [7, 11) is 0. The van der Waals surface area contributed by atoms with Gasteiger partial charge in [-0.2, -0.15) is 5.10 Å². The number of hydrogen-bond donors (Lipinski definition) is 1. The zero-order chi connectivity index (χ0) is 12.4. The first-order valence-electron chi connectivity index (χ1n) is 5.90. The normalized spacial score (nSPS) is 12.7. The van der Waals surface area contributed by atoms with Gasteiger partial charge < -0.3 is 5.11 Å². The van der Waals surface area contributed by atoms with E-state index in [0.717, 1.165) is 23.2 Å². The molecule has 0 aliphatic rings. The number of benzene rings is 1. The highest BCUT2D eigenvalue weighted by molar-refractivity contribution is 5.38. The molecule has 0 aliphatic heterocycles. The molecule has 1 unspecified atom stereocenters. The molecule has 1 heterocycles. The van der Waals surface area contributed by atoms with E-state index in [9.17, 15) is 5.11 Å². The predicted octanol–water partition coefficient (Wildman–Crippen LogP) is 2.60. The Kier molecular flexibility index (Phi) is 3.29. The van der Waals surface area contributed by atoms with E-state index in [-0.39, 0.29) is 0 Å². The Hall–Kier alpha value is -1.61. The van der Waals surface area contributed by atoms with Crippen LogP contribution in [0.5, 0.6) is 0 Å². The maximum atomic E-state index is 10.4. The summed E-state index contributed by atoms with van der Waals surface area (Å²) >= 11 is 0. The first-order chi connectivity index (χ1) is 8.13. The minimum atomic E-state index is -0.588. The van der Waals surface area contributed by atoms with E-state index < -0.39 is 6.10 Å². The molecule has 0 radical (unpaired) electrons. The lowest BCUT2D eigenvalue weighted by Gasteiger charge is -2.13. The van der Waals surface area contributed by atoms with Crippen molar-refractivity contribution in [3.8, 4) is 0 Å². The van der Waals surface area contributed by atoms with Gasteiger partial charge >= 0.3 is 0 Å². The second-order valence-electron chi connectivity index (χ2n) is 4.32. The maximum Gasteiger partial charge on any atom is 0.107 e. The van der Waals surface area contributed by atoms with Crippen LogP contribution >= 0.6 is 0 Å². The predicted molar refractivity (Wildman–Crippen MR) is 67.9 cm³/mol. The van der Waals surface area contributed by atoms with Crippen LogP contribution in [0.4, 0.5) is 0 Å². The molecule has 0 bridgehead atoms. The van der Waals surface area contributed by atoms with E-state index >= 15 is 0 Å². The van der Waals surface area contributed by atoms with Crippen LogP contribution in [-0.4, -0.2) is 14.9 Å². The third-order valence-electron chi connectivity index (χ3n) is 3.23. The molecule has 2 rings (SSSR count). The van der Waals surface area contributed by atoms with E-state index in [1.54, 1.807) is 6.20 Å². The van der Waals surface area contributed by atoms with Crippen molar-refractivity contribution in [2.75, 3.05) is 0 Å². The van der Waals surface area contributed by atoms with E-state index in [0.29, 0.717) is 0 Å². The first-order valence-corrected chi connectivity index (χ1v) is 5.90. The minimum absolute atomic E-state index is 0.588. The lowest BCUT2D eigenvalue weighted by atomic mass is 9.96. The average Bonchev–Trinajstić information content (AvgIpc) is 2.80. The molecule has 1 aromatic heterocycles. The highest BCUT2D eigenvalue weighted by Crippen LogP contribution is 2.25. The molecule has 0 saturated heterocycles. The number of nitrogens with zero attached hydrogens (tertiary/aromatic N) is 2. The van der Waals surface area contributed by atoms with Gasteiger partial charge in [-0.3, -0.25) is 4.68 Å². The van der Waals surface area contributed by atoms with Crippen LogP contribution in [0.2, 0.25) is 0 Å². The summed E-state index contributed by atoms with van der Waals surface area (Å²) in [5, 5.41) is 14.5. The second kappa shape index (κ2) is 4.72. The van der Waals surface area contributed by atoms with Crippen LogP contribution in [-0.2, 0) is 6.54 Å². The van der Waals surface area contributed by atoms with Gasteiger partial charge in [-0.1, -0.05) is 18.2 Å². The summed E-state index contributed by atoms with van der Waals surface area (Å²) in [5.74, 6) is 0. The van der Waals surface area contributed by atoms with Gasteiger partial charge in [0.2, 0.25) is 0 Å². The summed E-state index contributed by atoms with van der Waals surface area (Å²) in [5.41, 5.74) is 4.15. The van der Waals surface area contributed by atoms with Crippen LogP contribution in [0.3, 0.4) is 0 Å². The van der Waals surface area contributed by atoms with Crippen LogP contribution in [0, 0.1) is 13.8 Å². The molecular formula is C14H18N2O. The van der Waals surface area contributed by atoms with Crippen LogP contribution in [0.15, 0.2) is 30.6 Å². The van der Waals surface area contributed by atoms with Crippen LogP contribution in [0.1, 0.15) is 35.3 Å². The Morgan fingerprint density at radius 1 is 1.35 bits per heavy atom. The fraction of sp³-hybridized carbons (Fsp3) is 0.357. The number of aromatic nitrogens is 2. The Morgan fingerprint density at radius 2 is 2.12 bits per heavy atom. The molecule has 3 nitrogen and oxygen atoms in total. The molecule has 90 valence electrons. The molecule has 1 atom stereocenters. The number of rotatable bonds is 3. The fourth-order valence-electron chi connectivity index (χ4n) is 1.94. The molecule has 0 spiro atoms. The maximum absolute atomic E-state index is 10.4. The van der Waals surface area contributed by atoms with E-state index in [2.05, 4.69) is 18.1 Å². The molecule has 0 amide bonds. The standard InChI is InChI=1S/C14H18N2O/c1-4-16-9-12(8-15-16)14(17)13-7-5-6-10(2)11(13)3/h5-9,14,17H,4H2,1-3H3. The average molecular weight is 230 g/mol. The quantitative estimate of drug-likeness (QED) is 0.880. The molecule has 3 heteroatoms. The zero-order valence-electron chi connectivity index (χ0n) is 10.5. The minimum Gasteiger partial charge on any atom is -0.384 e. The van der Waals surface area contributed by atoms with Crippen molar-refractivity contribution < 1.29 is 5.11 Å². The topological polar surface area (TPSA) is 38.0 Å². The van der Waals surface area contributed by atoms with Crippen molar-refractivity contribution in [3.05, 3.63) is 52.8 Å². The first kappa shape index (κ1) is 11.9. The molecule has 17 heavy (non-hydrogen) atoms. The third-order valence-corrected chi connectivity index (χ3v) is 3.23. The Labute approximate surface area is 102 Å². The van der Waals surface area contributed by atoms with Gasteiger partial charge in [0.15, 0.2) is 0 Å². The Balaban J connectivity index is 2.36. The fourth-order valence-corrected chi connectivity index (χ4v) is 1.94. The van der Waals surface area contributed by atoms with E-state index in [4.69, 9.17) is 0 Å². The molecule has 2 aromatic rings. The number of aryl methyl sites for hydroxylation is 2. The lowest BCUT2D eigenvalue weighted by Crippen LogP contribution is -2.02. The van der Waals surface area contributed by atoms with Crippen molar-refractivity contribution in [1.82, 2.24) is 9.78 Å². The molecule has 0 aliphatic carbocycles. The highest BCUT2D eigenvalue weighted by Gasteiger charge is 2.15. The molecule has 0 saturated carbocycles. The summed E-state index contributed by atoms with van der Waals surface area (Å²) in [6.45, 7) is 6.94. The lowest BCUT2D eigenvalue weighted by molar-refractivity contribution is 0.219. The summed E-state index contributed by atoms with van der Waals surface area (Å²) < 4.78 is 1.82. The number of hydrogen-bond acceptors (Lipinski definition) is 2. The van der Waals surface area contributed by atoms with Gasteiger partial charge in [0, 0.05) is 18.3 Å². The largest absolute Gasteiger partial charge is 0.384 e. The van der Waals surface area contributed by atoms with Gasteiger partial charge in [-0.25, -0.2) is 0 Å². The van der Waals surface area contributed by atoms with Gasteiger partial charge in [0.1, 0.15) is 6.10 Å².